The predicted molar refractivity (Wildman–Crippen MR) is 124 cm³/mol. The number of amides is 1. The maximum absolute atomic E-state index is 12.8. The van der Waals surface area contributed by atoms with Gasteiger partial charge in [-0.25, -0.2) is 0 Å². The first-order valence-corrected chi connectivity index (χ1v) is 12.2. The quantitative estimate of drug-likeness (QED) is 0.672. The molecule has 1 aliphatic rings. The van der Waals surface area contributed by atoms with E-state index in [4.69, 9.17) is 0 Å². The number of hydrogen-bond acceptors (Lipinski definition) is 4. The zero-order valence-electron chi connectivity index (χ0n) is 16.8. The molecule has 0 aromatic heterocycles. The van der Waals surface area contributed by atoms with Gasteiger partial charge in [0, 0.05) is 42.6 Å². The van der Waals surface area contributed by atoms with E-state index in [-0.39, 0.29) is 11.2 Å². The van der Waals surface area contributed by atoms with E-state index in [1.54, 1.807) is 11.8 Å². The molecule has 1 N–H and O–H groups in total. The van der Waals surface area contributed by atoms with Gasteiger partial charge in [-0.15, -0.1) is 11.8 Å². The van der Waals surface area contributed by atoms with Crippen molar-refractivity contribution in [2.45, 2.75) is 31.4 Å². The molecule has 1 unspecified atom stereocenters. The van der Waals surface area contributed by atoms with E-state index in [2.05, 4.69) is 60.5 Å². The van der Waals surface area contributed by atoms with Gasteiger partial charge < -0.3 is 10.2 Å². The highest BCUT2D eigenvalue weighted by Crippen LogP contribution is 2.24. The van der Waals surface area contributed by atoms with Crippen molar-refractivity contribution in [1.82, 2.24) is 5.32 Å². The van der Waals surface area contributed by atoms with Crippen LogP contribution in [0.4, 0.5) is 5.69 Å². The van der Waals surface area contributed by atoms with E-state index in [0.717, 1.165) is 24.4 Å². The maximum Gasteiger partial charge on any atom is 0.233 e. The van der Waals surface area contributed by atoms with E-state index in [0.29, 0.717) is 12.5 Å². The molecule has 0 spiro atoms. The average Bonchev–Trinajstić information content (AvgIpc) is 2.74. The average molecular weight is 415 g/mol. The normalized spacial score (nSPS) is 15.5. The van der Waals surface area contributed by atoms with Gasteiger partial charge in [0.05, 0.1) is 5.25 Å². The van der Waals surface area contributed by atoms with Gasteiger partial charge in [0.15, 0.2) is 0 Å². The van der Waals surface area contributed by atoms with Crippen LogP contribution in [0.3, 0.4) is 0 Å². The second-order valence-corrected chi connectivity index (χ2v) is 9.80. The lowest BCUT2D eigenvalue weighted by Gasteiger charge is -2.28. The van der Waals surface area contributed by atoms with Crippen LogP contribution in [0.2, 0.25) is 0 Å². The van der Waals surface area contributed by atoms with Gasteiger partial charge in [0.2, 0.25) is 5.91 Å². The van der Waals surface area contributed by atoms with E-state index in [1.807, 2.05) is 30.0 Å². The van der Waals surface area contributed by atoms with Crippen molar-refractivity contribution in [3.63, 3.8) is 0 Å². The van der Waals surface area contributed by atoms with Gasteiger partial charge in [-0.1, -0.05) is 56.3 Å². The summed E-state index contributed by atoms with van der Waals surface area (Å²) in [5, 5.41) is 3.10. The molecule has 150 valence electrons. The Labute approximate surface area is 177 Å². The minimum atomic E-state index is -0.0367. The van der Waals surface area contributed by atoms with E-state index in [9.17, 15) is 4.79 Å². The molecule has 1 aliphatic heterocycles. The number of thioether (sulfide) groups is 2. The van der Waals surface area contributed by atoms with Crippen LogP contribution in [-0.4, -0.2) is 35.8 Å². The first kappa shape index (κ1) is 21.1. The van der Waals surface area contributed by atoms with Gasteiger partial charge in [0.1, 0.15) is 0 Å². The van der Waals surface area contributed by atoms with E-state index in [1.165, 1.54) is 22.8 Å². The molecule has 1 heterocycles. The number of carbonyl (C=O) groups excluding carboxylic acids is 1. The van der Waals surface area contributed by atoms with Gasteiger partial charge in [0.25, 0.3) is 0 Å². The molecule has 5 heteroatoms. The van der Waals surface area contributed by atoms with Crippen LogP contribution in [0, 0.1) is 5.92 Å². The highest BCUT2D eigenvalue weighted by molar-refractivity contribution is 7.99. The molecule has 1 saturated heterocycles. The van der Waals surface area contributed by atoms with Crippen molar-refractivity contribution in [2.24, 2.45) is 5.92 Å². The lowest BCUT2D eigenvalue weighted by atomic mass is 10.1. The van der Waals surface area contributed by atoms with Crippen LogP contribution < -0.4 is 10.2 Å². The fourth-order valence-electron chi connectivity index (χ4n) is 3.27. The first-order chi connectivity index (χ1) is 13.6. The summed E-state index contributed by atoms with van der Waals surface area (Å²) >= 11 is 3.75. The Morgan fingerprint density at radius 3 is 2.36 bits per heavy atom. The fraction of sp³-hybridized carbons (Fsp3) is 0.435. The largest absolute Gasteiger partial charge is 0.370 e. The number of benzene rings is 2. The molecule has 3 nitrogen and oxygen atoms in total. The number of rotatable bonds is 8. The summed E-state index contributed by atoms with van der Waals surface area (Å²) in [6.45, 7) is 7.07. The smallest absolute Gasteiger partial charge is 0.233 e. The second kappa shape index (κ2) is 10.8. The lowest BCUT2D eigenvalue weighted by molar-refractivity contribution is -0.121. The Morgan fingerprint density at radius 2 is 1.71 bits per heavy atom. The number of hydrogen-bond donors (Lipinski definition) is 1. The molecule has 2 aromatic carbocycles. The van der Waals surface area contributed by atoms with Gasteiger partial charge in [-0.2, -0.15) is 11.8 Å². The SMILES string of the molecule is CC(C)C(SCc1ccccc1)C(=O)NCc1ccc(N2CCSCC2)cc1. The Hall–Kier alpha value is -1.59. The standard InChI is InChI=1S/C23H30N2OS2/c1-18(2)22(28-17-20-6-4-3-5-7-20)23(26)24-16-19-8-10-21(11-9-19)25-12-14-27-15-13-25/h3-11,18,22H,12-17H2,1-2H3,(H,24,26). The van der Waals surface area contributed by atoms with Crippen LogP contribution >= 0.6 is 23.5 Å². The van der Waals surface area contributed by atoms with Crippen LogP contribution in [0.1, 0.15) is 25.0 Å². The third kappa shape index (κ3) is 6.21. The molecule has 1 fully saturated rings. The second-order valence-electron chi connectivity index (χ2n) is 7.44. The highest BCUT2D eigenvalue weighted by Gasteiger charge is 2.22. The fourth-order valence-corrected chi connectivity index (χ4v) is 5.35. The molecular weight excluding hydrogens is 384 g/mol. The molecule has 28 heavy (non-hydrogen) atoms. The van der Waals surface area contributed by atoms with Crippen molar-refractivity contribution in [1.29, 1.82) is 0 Å². The van der Waals surface area contributed by atoms with Crippen LogP contribution in [0.5, 0.6) is 0 Å². The number of anilines is 1. The minimum absolute atomic E-state index is 0.0367. The van der Waals surface area contributed by atoms with Crippen molar-refractivity contribution >= 4 is 35.1 Å². The Kier molecular flexibility index (Phi) is 8.16. The minimum Gasteiger partial charge on any atom is -0.370 e. The van der Waals surface area contributed by atoms with Crippen molar-refractivity contribution in [3.8, 4) is 0 Å². The zero-order chi connectivity index (χ0) is 19.8. The van der Waals surface area contributed by atoms with Crippen molar-refractivity contribution in [3.05, 3.63) is 65.7 Å². The van der Waals surface area contributed by atoms with Gasteiger partial charge in [-0.05, 0) is 29.2 Å². The third-order valence-electron chi connectivity index (χ3n) is 4.92. The van der Waals surface area contributed by atoms with Crippen LogP contribution in [-0.2, 0) is 17.1 Å². The summed E-state index contributed by atoms with van der Waals surface area (Å²) in [4.78, 5) is 15.2. The Balaban J connectivity index is 1.50. The first-order valence-electron chi connectivity index (χ1n) is 9.98. The molecule has 2 aromatic rings. The highest BCUT2D eigenvalue weighted by atomic mass is 32.2. The van der Waals surface area contributed by atoms with Crippen LogP contribution in [0.15, 0.2) is 54.6 Å². The molecule has 0 saturated carbocycles. The van der Waals surface area contributed by atoms with Crippen molar-refractivity contribution < 1.29 is 4.79 Å². The maximum atomic E-state index is 12.8. The zero-order valence-corrected chi connectivity index (χ0v) is 18.4. The van der Waals surface area contributed by atoms with Gasteiger partial charge in [-0.3, -0.25) is 4.79 Å². The number of nitrogens with one attached hydrogen (secondary N) is 1. The summed E-state index contributed by atoms with van der Waals surface area (Å²) in [5.74, 6) is 3.70. The molecule has 0 bridgehead atoms. The molecule has 0 aliphatic carbocycles. The lowest BCUT2D eigenvalue weighted by Crippen LogP contribution is -2.35. The Bertz CT molecular complexity index is 728. The van der Waals surface area contributed by atoms with Crippen molar-refractivity contribution in [2.75, 3.05) is 29.5 Å². The molecule has 3 rings (SSSR count). The molecular formula is C23H30N2OS2. The number of nitrogens with zero attached hydrogens (tertiary/aromatic N) is 1. The summed E-state index contributed by atoms with van der Waals surface area (Å²) in [6.07, 6.45) is 0. The topological polar surface area (TPSA) is 32.3 Å². The Morgan fingerprint density at radius 1 is 1.04 bits per heavy atom. The predicted octanol–water partition coefficient (Wildman–Crippen LogP) is 4.81. The third-order valence-corrected chi connectivity index (χ3v) is 7.48. The van der Waals surface area contributed by atoms with Crippen LogP contribution in [0.25, 0.3) is 0 Å². The molecule has 0 radical (unpaired) electrons. The summed E-state index contributed by atoms with van der Waals surface area (Å²) in [5.41, 5.74) is 3.70. The van der Waals surface area contributed by atoms with E-state index < -0.39 is 0 Å². The number of carbonyl (C=O) groups is 1. The molecule has 1 amide bonds. The monoisotopic (exact) mass is 414 g/mol. The van der Waals surface area contributed by atoms with E-state index >= 15 is 0 Å². The summed E-state index contributed by atoms with van der Waals surface area (Å²) < 4.78 is 0. The molecule has 1 atom stereocenters. The summed E-state index contributed by atoms with van der Waals surface area (Å²) in [6, 6.07) is 19.0. The van der Waals surface area contributed by atoms with Gasteiger partial charge >= 0.3 is 0 Å². The summed E-state index contributed by atoms with van der Waals surface area (Å²) in [7, 11) is 0.